The molecule has 34 heavy (non-hydrogen) atoms. The van der Waals surface area contributed by atoms with Crippen LogP contribution in [0.1, 0.15) is 39.2 Å². The number of H-pyrrole nitrogens is 1. The minimum Gasteiger partial charge on any atom is -0.379 e. The fourth-order valence-corrected chi connectivity index (χ4v) is 6.74. The van der Waals surface area contributed by atoms with Crippen molar-refractivity contribution >= 4 is 32.4 Å². The molecule has 1 unspecified atom stereocenters. The van der Waals surface area contributed by atoms with Crippen LogP contribution in [0.3, 0.4) is 0 Å². The maximum atomic E-state index is 13.0. The Kier molecular flexibility index (Phi) is 5.09. The van der Waals surface area contributed by atoms with Gasteiger partial charge in [0.25, 0.3) is 5.56 Å². The van der Waals surface area contributed by atoms with Crippen molar-refractivity contribution in [3.05, 3.63) is 46.4 Å². The first kappa shape index (κ1) is 22.6. The van der Waals surface area contributed by atoms with Crippen LogP contribution in [-0.4, -0.2) is 46.2 Å². The predicted molar refractivity (Wildman–Crippen MR) is 126 cm³/mol. The zero-order valence-electron chi connectivity index (χ0n) is 19.3. The van der Waals surface area contributed by atoms with Gasteiger partial charge < -0.3 is 15.0 Å². The lowest BCUT2D eigenvalue weighted by atomic mass is 9.95. The summed E-state index contributed by atoms with van der Waals surface area (Å²) in [6, 6.07) is 9.04. The number of rotatable bonds is 4. The van der Waals surface area contributed by atoms with E-state index in [-0.39, 0.29) is 23.4 Å². The lowest BCUT2D eigenvalue weighted by Crippen LogP contribution is -2.41. The summed E-state index contributed by atoms with van der Waals surface area (Å²) in [5, 5.41) is 17.8. The lowest BCUT2D eigenvalue weighted by Gasteiger charge is -2.29. The van der Waals surface area contributed by atoms with Crippen molar-refractivity contribution in [3.63, 3.8) is 0 Å². The molecule has 1 saturated heterocycles. The first-order chi connectivity index (χ1) is 16.1. The third-order valence-corrected chi connectivity index (χ3v) is 8.71. The highest BCUT2D eigenvalue weighted by atomic mass is 32.2. The van der Waals surface area contributed by atoms with Crippen LogP contribution in [0.4, 0.5) is 11.5 Å². The van der Waals surface area contributed by atoms with Crippen molar-refractivity contribution in [2.45, 2.75) is 56.1 Å². The minimum atomic E-state index is -3.57. The Balaban J connectivity index is 1.58. The highest BCUT2D eigenvalue weighted by Gasteiger charge is 2.42. The van der Waals surface area contributed by atoms with Crippen LogP contribution in [0, 0.1) is 11.3 Å². The fraction of sp³-hybridized carbons (Fsp3) is 0.435. The van der Waals surface area contributed by atoms with E-state index in [0.717, 1.165) is 0 Å². The average Bonchev–Trinajstić information content (AvgIpc) is 3.44. The summed E-state index contributed by atoms with van der Waals surface area (Å²) in [7, 11) is -3.57. The van der Waals surface area contributed by atoms with E-state index in [1.165, 1.54) is 4.31 Å². The van der Waals surface area contributed by atoms with E-state index in [0.29, 0.717) is 47.6 Å². The van der Waals surface area contributed by atoms with Gasteiger partial charge in [-0.05, 0) is 57.0 Å². The second kappa shape index (κ2) is 7.66. The summed E-state index contributed by atoms with van der Waals surface area (Å²) >= 11 is 0. The molecular weight excluding hydrogens is 456 g/mol. The number of aromatic amines is 1. The molecule has 0 aliphatic carbocycles. The molecule has 2 N–H and O–H groups in total. The van der Waals surface area contributed by atoms with Gasteiger partial charge in [0.05, 0.1) is 29.5 Å². The normalized spacial score (nSPS) is 22.1. The molecule has 10 nitrogen and oxygen atoms in total. The monoisotopic (exact) mass is 482 g/mol. The van der Waals surface area contributed by atoms with Gasteiger partial charge in [-0.1, -0.05) is 0 Å². The van der Waals surface area contributed by atoms with E-state index in [1.807, 2.05) is 20.8 Å². The van der Waals surface area contributed by atoms with Gasteiger partial charge in [0.2, 0.25) is 10.0 Å². The number of nitrogens with one attached hydrogen (secondary N) is 2. The molecule has 3 aromatic rings. The summed E-state index contributed by atoms with van der Waals surface area (Å²) in [5.74, 6) is 0.342. The highest BCUT2D eigenvalue weighted by Crippen LogP contribution is 2.38. The molecule has 0 saturated carbocycles. The summed E-state index contributed by atoms with van der Waals surface area (Å²) < 4.78 is 34.8. The number of nitrogens with zero attached hydrogens (tertiary/aromatic N) is 4. The largest absolute Gasteiger partial charge is 0.379 e. The number of anilines is 2. The smallest absolute Gasteiger partial charge is 0.261 e. The number of hydrogen-bond acceptors (Lipinski definition) is 7. The van der Waals surface area contributed by atoms with E-state index in [9.17, 15) is 18.5 Å². The Morgan fingerprint density at radius 1 is 1.32 bits per heavy atom. The quantitative estimate of drug-likeness (QED) is 0.584. The Morgan fingerprint density at radius 2 is 2.12 bits per heavy atom. The average molecular weight is 483 g/mol. The van der Waals surface area contributed by atoms with E-state index in [4.69, 9.17) is 9.84 Å². The topological polar surface area (TPSA) is 133 Å². The molecule has 1 fully saturated rings. The number of benzene rings is 1. The van der Waals surface area contributed by atoms with Gasteiger partial charge in [0.15, 0.2) is 5.82 Å². The van der Waals surface area contributed by atoms with Crippen molar-refractivity contribution in [2.75, 3.05) is 18.5 Å². The number of hydrogen-bond donors (Lipinski definition) is 2. The molecule has 0 amide bonds. The Labute approximate surface area is 197 Å². The molecule has 2 aliphatic heterocycles. The van der Waals surface area contributed by atoms with Crippen molar-refractivity contribution in [1.82, 2.24) is 19.1 Å². The van der Waals surface area contributed by atoms with Crippen LogP contribution in [0.2, 0.25) is 0 Å². The van der Waals surface area contributed by atoms with Crippen LogP contribution < -0.4 is 10.9 Å². The first-order valence-corrected chi connectivity index (χ1v) is 12.5. The van der Waals surface area contributed by atoms with E-state index < -0.39 is 21.1 Å². The molecule has 11 heteroatoms. The maximum absolute atomic E-state index is 13.0. The van der Waals surface area contributed by atoms with E-state index in [1.54, 1.807) is 35.1 Å². The molecule has 0 bridgehead atoms. The number of pyridine rings is 1. The van der Waals surface area contributed by atoms with Gasteiger partial charge in [0, 0.05) is 30.6 Å². The van der Waals surface area contributed by atoms with E-state index in [2.05, 4.69) is 16.4 Å². The van der Waals surface area contributed by atoms with Gasteiger partial charge in [-0.25, -0.2) is 8.42 Å². The van der Waals surface area contributed by atoms with Crippen molar-refractivity contribution < 1.29 is 13.2 Å². The molecule has 2 aliphatic rings. The Bertz CT molecular complexity index is 1490. The molecule has 4 heterocycles. The Hall–Kier alpha value is -3.20. The summed E-state index contributed by atoms with van der Waals surface area (Å²) in [5.41, 5.74) is 0.403. The first-order valence-electron chi connectivity index (χ1n) is 11.1. The maximum Gasteiger partial charge on any atom is 0.261 e. The number of sulfonamides is 1. The molecule has 178 valence electrons. The fourth-order valence-electron chi connectivity index (χ4n) is 4.78. The highest BCUT2D eigenvalue weighted by molar-refractivity contribution is 7.89. The zero-order valence-corrected chi connectivity index (χ0v) is 20.1. The van der Waals surface area contributed by atoms with Gasteiger partial charge >= 0.3 is 0 Å². The molecule has 0 spiro atoms. The summed E-state index contributed by atoms with van der Waals surface area (Å²) in [4.78, 5) is 15.8. The van der Waals surface area contributed by atoms with Crippen LogP contribution in [0.5, 0.6) is 0 Å². The molecule has 5 rings (SSSR count). The van der Waals surface area contributed by atoms with E-state index >= 15 is 0 Å². The van der Waals surface area contributed by atoms with Crippen LogP contribution in [0.25, 0.3) is 10.9 Å². The van der Waals surface area contributed by atoms with Crippen molar-refractivity contribution in [1.29, 1.82) is 5.26 Å². The lowest BCUT2D eigenvalue weighted by molar-refractivity contribution is 0.151. The SMILES string of the molecule is CC(C)(C)N1Cc2cc(Nc3nn(C4(CC#N)CCOC4)c4cc[nH]c(=O)c34)ccc2S1(=O)=O. The van der Waals surface area contributed by atoms with Crippen molar-refractivity contribution in [3.8, 4) is 6.07 Å². The number of ether oxygens (including phenoxy) is 1. The summed E-state index contributed by atoms with van der Waals surface area (Å²) in [6.07, 6.45) is 2.38. The Morgan fingerprint density at radius 3 is 2.79 bits per heavy atom. The van der Waals surface area contributed by atoms with Crippen LogP contribution >= 0.6 is 0 Å². The second-order valence-corrected chi connectivity index (χ2v) is 11.6. The summed E-state index contributed by atoms with van der Waals surface area (Å²) in [6.45, 7) is 6.72. The third kappa shape index (κ3) is 3.41. The minimum absolute atomic E-state index is 0.204. The molecular formula is C23H26N6O4S. The zero-order chi connectivity index (χ0) is 24.3. The van der Waals surface area contributed by atoms with Gasteiger partial charge in [-0.15, -0.1) is 0 Å². The number of nitriles is 1. The van der Waals surface area contributed by atoms with Gasteiger partial charge in [0.1, 0.15) is 10.9 Å². The standard InChI is InChI=1S/C23H26N6O4S/c1-22(2,3)28-13-15-12-16(4-5-18(15)34(28,31)32)26-20-19-17(6-10-25-21(19)30)29(27-20)23(7-9-24)8-11-33-14-23/h4-6,10,12H,7-8,11,13-14H2,1-3H3,(H,25,30)(H,26,27). The number of aromatic nitrogens is 3. The van der Waals surface area contributed by atoms with Gasteiger partial charge in [-0.2, -0.15) is 14.7 Å². The second-order valence-electron chi connectivity index (χ2n) is 9.82. The molecule has 1 atom stereocenters. The number of fused-ring (bicyclic) bond motifs is 2. The third-order valence-electron chi connectivity index (χ3n) is 6.50. The van der Waals surface area contributed by atoms with Gasteiger partial charge in [-0.3, -0.25) is 9.48 Å². The van der Waals surface area contributed by atoms with Crippen LogP contribution in [-0.2, 0) is 26.8 Å². The van der Waals surface area contributed by atoms with Crippen LogP contribution in [0.15, 0.2) is 40.2 Å². The van der Waals surface area contributed by atoms with Crippen molar-refractivity contribution in [2.24, 2.45) is 0 Å². The molecule has 2 aromatic heterocycles. The molecule has 0 radical (unpaired) electrons. The predicted octanol–water partition coefficient (Wildman–Crippen LogP) is 2.80. The molecule has 1 aromatic carbocycles.